The summed E-state index contributed by atoms with van der Waals surface area (Å²) in [6, 6.07) is 49.1. The van der Waals surface area contributed by atoms with E-state index in [1.165, 1.54) is 65.9 Å². The zero-order chi connectivity index (χ0) is 37.4. The first-order chi connectivity index (χ1) is 26.6. The van der Waals surface area contributed by atoms with Crippen molar-refractivity contribution in [1.82, 2.24) is 19.1 Å². The van der Waals surface area contributed by atoms with Crippen molar-refractivity contribution in [2.45, 2.75) is 52.4 Å². The Morgan fingerprint density at radius 2 is 0.873 bits per heavy atom. The molecule has 0 radical (unpaired) electrons. The van der Waals surface area contributed by atoms with Gasteiger partial charge in [-0.15, -0.1) is 0 Å². The van der Waals surface area contributed by atoms with Gasteiger partial charge in [0.15, 0.2) is 0 Å². The molecule has 11 rings (SSSR count). The minimum atomic E-state index is -0.0137. The Bertz CT molecular complexity index is 3230. The summed E-state index contributed by atoms with van der Waals surface area (Å²) < 4.78 is 4.84. The number of nitrogens with zero attached hydrogens (tertiary/aromatic N) is 4. The molecule has 4 nitrogen and oxygen atoms in total. The smallest absolute Gasteiger partial charge is 0.0942 e. The van der Waals surface area contributed by atoms with Crippen LogP contribution in [-0.4, -0.2) is 19.1 Å². The Kier molecular flexibility index (Phi) is 6.39. The quantitative estimate of drug-likeness (QED) is 0.183. The molecule has 0 N–H and O–H groups in total. The zero-order valence-electron chi connectivity index (χ0n) is 32.1. The maximum atomic E-state index is 4.93. The van der Waals surface area contributed by atoms with Gasteiger partial charge in [0.1, 0.15) is 0 Å². The fourth-order valence-corrected chi connectivity index (χ4v) is 9.94. The van der Waals surface area contributed by atoms with Crippen molar-refractivity contribution in [2.24, 2.45) is 5.41 Å². The Hall–Kier alpha value is -6.26. The molecule has 4 heterocycles. The van der Waals surface area contributed by atoms with Crippen molar-refractivity contribution >= 4 is 65.4 Å². The van der Waals surface area contributed by atoms with Gasteiger partial charge in [-0.1, -0.05) is 108 Å². The van der Waals surface area contributed by atoms with Gasteiger partial charge < -0.3 is 9.13 Å². The Balaban J connectivity index is 1.18. The number of fused-ring (bicyclic) bond motifs is 9. The van der Waals surface area contributed by atoms with Crippen molar-refractivity contribution in [1.29, 1.82) is 0 Å². The summed E-state index contributed by atoms with van der Waals surface area (Å²) >= 11 is 0. The lowest BCUT2D eigenvalue weighted by atomic mass is 9.59. The summed E-state index contributed by atoms with van der Waals surface area (Å²) in [4.78, 5) is 9.76. The minimum absolute atomic E-state index is 0.00803. The van der Waals surface area contributed by atoms with E-state index in [4.69, 9.17) is 9.97 Å². The molecule has 0 saturated carbocycles. The van der Waals surface area contributed by atoms with Gasteiger partial charge in [-0.3, -0.25) is 9.97 Å². The van der Waals surface area contributed by atoms with E-state index in [9.17, 15) is 0 Å². The second-order valence-corrected chi connectivity index (χ2v) is 17.1. The summed E-state index contributed by atoms with van der Waals surface area (Å²) in [5.74, 6) is 0. The van der Waals surface area contributed by atoms with Crippen molar-refractivity contribution < 1.29 is 0 Å². The van der Waals surface area contributed by atoms with Gasteiger partial charge in [0.2, 0.25) is 0 Å². The van der Waals surface area contributed by atoms with Crippen LogP contribution in [-0.2, 0) is 10.8 Å². The van der Waals surface area contributed by atoms with Crippen molar-refractivity contribution in [3.8, 4) is 22.5 Å². The highest BCUT2D eigenvalue weighted by Crippen LogP contribution is 2.62. The van der Waals surface area contributed by atoms with Crippen LogP contribution in [0.15, 0.2) is 146 Å². The molecule has 0 fully saturated rings. The minimum Gasteiger partial charge on any atom is -0.307 e. The van der Waals surface area contributed by atoms with Gasteiger partial charge in [-0.2, -0.15) is 0 Å². The van der Waals surface area contributed by atoms with Gasteiger partial charge in [0.05, 0.1) is 44.5 Å². The molecule has 0 aliphatic heterocycles. The zero-order valence-corrected chi connectivity index (χ0v) is 32.1. The Morgan fingerprint density at radius 3 is 1.47 bits per heavy atom. The maximum absolute atomic E-state index is 4.93. The van der Waals surface area contributed by atoms with Crippen molar-refractivity contribution in [3.05, 3.63) is 157 Å². The molecule has 266 valence electrons. The molecule has 6 aromatic carbocycles. The highest BCUT2D eigenvalue weighted by atomic mass is 15.0. The lowest BCUT2D eigenvalue weighted by Crippen LogP contribution is -2.42. The largest absolute Gasteiger partial charge is 0.307 e. The second kappa shape index (κ2) is 10.9. The highest BCUT2D eigenvalue weighted by Gasteiger charge is 2.57. The standard InChI is InChI=1S/C51H42N4/c1-49(2)39-29-38-37-28-34(33-21-23-42-36(27-33)35-17-7-8-18-41(35)54(42)44-19-9-13-31-15-11-25-52-47(31)44)22-24-43(37)55(45-20-10-14-32-16-12-26-53-48(32)45)46(38)30-40(39)50(3,4)51(49,5)6/h7-30H,1-6H3. The van der Waals surface area contributed by atoms with Gasteiger partial charge in [-0.05, 0) is 105 Å². The Morgan fingerprint density at radius 1 is 0.400 bits per heavy atom. The normalized spacial score (nSPS) is 15.9. The van der Waals surface area contributed by atoms with E-state index in [1.807, 2.05) is 24.5 Å². The molecule has 0 spiro atoms. The lowest BCUT2D eigenvalue weighted by molar-refractivity contribution is 0.125. The summed E-state index contributed by atoms with van der Waals surface area (Å²) in [5.41, 5.74) is 14.3. The van der Waals surface area contributed by atoms with Crippen LogP contribution >= 0.6 is 0 Å². The number of rotatable bonds is 3. The number of aromatic nitrogens is 4. The van der Waals surface area contributed by atoms with Gasteiger partial charge >= 0.3 is 0 Å². The molecule has 4 aromatic heterocycles. The first-order valence-corrected chi connectivity index (χ1v) is 19.4. The highest BCUT2D eigenvalue weighted by molar-refractivity contribution is 6.14. The number of para-hydroxylation sites is 3. The number of pyridine rings is 2. The van der Waals surface area contributed by atoms with Crippen LogP contribution in [0.3, 0.4) is 0 Å². The lowest BCUT2D eigenvalue weighted by Gasteiger charge is -2.44. The van der Waals surface area contributed by atoms with Gasteiger partial charge in [0.25, 0.3) is 0 Å². The molecular weight excluding hydrogens is 669 g/mol. The van der Waals surface area contributed by atoms with Crippen LogP contribution in [0.1, 0.15) is 52.7 Å². The average Bonchev–Trinajstić information content (AvgIpc) is 3.74. The van der Waals surface area contributed by atoms with Gasteiger partial charge in [0, 0.05) is 44.7 Å². The third-order valence-electron chi connectivity index (χ3n) is 14.1. The Labute approximate surface area is 320 Å². The van der Waals surface area contributed by atoms with E-state index in [-0.39, 0.29) is 16.2 Å². The van der Waals surface area contributed by atoms with E-state index >= 15 is 0 Å². The molecule has 55 heavy (non-hydrogen) atoms. The van der Waals surface area contributed by atoms with Crippen LogP contribution < -0.4 is 0 Å². The third kappa shape index (κ3) is 4.17. The van der Waals surface area contributed by atoms with E-state index < -0.39 is 0 Å². The van der Waals surface area contributed by atoms with Crippen LogP contribution in [0.4, 0.5) is 0 Å². The fraction of sp³-hybridized carbons (Fsp3) is 0.176. The molecule has 0 unspecified atom stereocenters. The number of benzene rings is 6. The van der Waals surface area contributed by atoms with Crippen molar-refractivity contribution in [3.63, 3.8) is 0 Å². The summed E-state index contributed by atoms with van der Waals surface area (Å²) in [6.45, 7) is 14.6. The van der Waals surface area contributed by atoms with Gasteiger partial charge in [-0.25, -0.2) is 0 Å². The monoisotopic (exact) mass is 710 g/mol. The summed E-state index contributed by atoms with van der Waals surface area (Å²) in [7, 11) is 0. The average molecular weight is 711 g/mol. The first kappa shape index (κ1) is 32.2. The predicted octanol–water partition coefficient (Wildman–Crippen LogP) is 13.2. The van der Waals surface area contributed by atoms with E-state index in [2.05, 4.69) is 172 Å². The second-order valence-electron chi connectivity index (χ2n) is 17.1. The molecule has 0 atom stereocenters. The molecule has 1 aliphatic carbocycles. The van der Waals surface area contributed by atoms with Crippen LogP contribution in [0.2, 0.25) is 0 Å². The van der Waals surface area contributed by atoms with Crippen molar-refractivity contribution in [2.75, 3.05) is 0 Å². The first-order valence-electron chi connectivity index (χ1n) is 19.4. The molecule has 0 saturated heterocycles. The molecule has 10 aromatic rings. The number of hydrogen-bond donors (Lipinski definition) is 0. The predicted molar refractivity (Wildman–Crippen MR) is 231 cm³/mol. The van der Waals surface area contributed by atoms with Crippen LogP contribution in [0, 0.1) is 5.41 Å². The molecular formula is C51H42N4. The SMILES string of the molecule is CC1(C)c2cc3c4cc(-c5ccc6c(c5)c5ccccc5n6-c5cccc6cccnc56)ccc4n(-c4cccc5cccnc45)c3cc2C(C)(C)C1(C)C. The van der Waals surface area contributed by atoms with E-state index in [0.717, 1.165) is 33.2 Å². The molecule has 4 heteroatoms. The molecule has 0 bridgehead atoms. The maximum Gasteiger partial charge on any atom is 0.0942 e. The molecule has 1 aliphatic rings. The van der Waals surface area contributed by atoms with E-state index in [0.29, 0.717) is 0 Å². The third-order valence-corrected chi connectivity index (χ3v) is 14.1. The van der Waals surface area contributed by atoms with Crippen LogP contribution in [0.5, 0.6) is 0 Å². The topological polar surface area (TPSA) is 35.6 Å². The number of hydrogen-bond acceptors (Lipinski definition) is 2. The van der Waals surface area contributed by atoms with Crippen LogP contribution in [0.25, 0.3) is 87.9 Å². The summed E-state index contributed by atoms with van der Waals surface area (Å²) in [5, 5.41) is 7.28. The summed E-state index contributed by atoms with van der Waals surface area (Å²) in [6.07, 6.45) is 3.80. The van der Waals surface area contributed by atoms with E-state index in [1.54, 1.807) is 0 Å². The fourth-order valence-electron chi connectivity index (χ4n) is 9.94. The molecule has 0 amide bonds.